The number of amides is 1. The molecule has 7 nitrogen and oxygen atoms in total. The van der Waals surface area contributed by atoms with Crippen LogP contribution < -0.4 is 5.32 Å². The normalized spacial score (nSPS) is 10.2. The molecule has 98 valence electrons. The van der Waals surface area contributed by atoms with Crippen LogP contribution in [-0.4, -0.2) is 20.8 Å². The molecule has 1 aromatic carbocycles. The van der Waals surface area contributed by atoms with Gasteiger partial charge in [-0.25, -0.2) is 4.98 Å². The fraction of sp³-hybridized carbons (Fsp3) is 0. The summed E-state index contributed by atoms with van der Waals surface area (Å²) in [4.78, 5) is 28.4. The van der Waals surface area contributed by atoms with Crippen LogP contribution in [0.1, 0.15) is 10.4 Å². The Morgan fingerprint density at radius 2 is 2.16 bits per heavy atom. The smallest absolute Gasteiger partial charge is 0.290 e. The SMILES string of the molecule is O=C(Nc1ncc[nH]1)c1cc(Cl)c(Cl)c([N+](=O)[O-])c1. The lowest BCUT2D eigenvalue weighted by Crippen LogP contribution is -2.13. The highest BCUT2D eigenvalue weighted by Gasteiger charge is 2.20. The fourth-order valence-electron chi connectivity index (χ4n) is 1.35. The summed E-state index contributed by atoms with van der Waals surface area (Å²) in [6.45, 7) is 0. The Labute approximate surface area is 116 Å². The number of hydrogen-bond acceptors (Lipinski definition) is 4. The van der Waals surface area contributed by atoms with Crippen LogP contribution in [-0.2, 0) is 0 Å². The second-order valence-electron chi connectivity index (χ2n) is 3.44. The lowest BCUT2D eigenvalue weighted by atomic mass is 10.2. The van der Waals surface area contributed by atoms with Crippen LogP contribution >= 0.6 is 23.2 Å². The lowest BCUT2D eigenvalue weighted by molar-refractivity contribution is -0.384. The van der Waals surface area contributed by atoms with Gasteiger partial charge in [-0.3, -0.25) is 20.2 Å². The molecule has 0 fully saturated rings. The molecule has 0 atom stereocenters. The molecule has 0 radical (unpaired) electrons. The molecule has 0 aliphatic heterocycles. The molecule has 1 aromatic heterocycles. The summed E-state index contributed by atoms with van der Waals surface area (Å²) in [5.41, 5.74) is -0.420. The van der Waals surface area contributed by atoms with E-state index in [0.717, 1.165) is 6.07 Å². The number of hydrogen-bond donors (Lipinski definition) is 2. The van der Waals surface area contributed by atoms with Crippen LogP contribution in [0.15, 0.2) is 24.5 Å². The first-order valence-electron chi connectivity index (χ1n) is 4.93. The van der Waals surface area contributed by atoms with Gasteiger partial charge in [0.1, 0.15) is 5.02 Å². The highest BCUT2D eigenvalue weighted by Crippen LogP contribution is 2.33. The van der Waals surface area contributed by atoms with E-state index in [2.05, 4.69) is 15.3 Å². The number of aromatic amines is 1. The maximum absolute atomic E-state index is 11.9. The van der Waals surface area contributed by atoms with Crippen molar-refractivity contribution in [3.63, 3.8) is 0 Å². The number of carbonyl (C=O) groups excluding carboxylic acids is 1. The van der Waals surface area contributed by atoms with Crippen LogP contribution in [0.25, 0.3) is 0 Å². The Morgan fingerprint density at radius 1 is 1.42 bits per heavy atom. The summed E-state index contributed by atoms with van der Waals surface area (Å²) in [7, 11) is 0. The molecule has 0 saturated carbocycles. The van der Waals surface area contributed by atoms with Gasteiger partial charge >= 0.3 is 0 Å². The molecule has 9 heteroatoms. The number of nitro groups is 1. The summed E-state index contributed by atoms with van der Waals surface area (Å²) in [5, 5.41) is 12.9. The van der Waals surface area contributed by atoms with Crippen molar-refractivity contribution < 1.29 is 9.72 Å². The average molecular weight is 301 g/mol. The average Bonchev–Trinajstić information content (AvgIpc) is 2.84. The van der Waals surface area contributed by atoms with Crippen molar-refractivity contribution in [2.45, 2.75) is 0 Å². The molecule has 0 saturated heterocycles. The van der Waals surface area contributed by atoms with Gasteiger partial charge in [0.05, 0.1) is 9.95 Å². The first kappa shape index (κ1) is 13.3. The number of aromatic nitrogens is 2. The third-order valence-corrected chi connectivity index (χ3v) is 2.99. The third kappa shape index (κ3) is 2.83. The van der Waals surface area contributed by atoms with Crippen molar-refractivity contribution in [3.8, 4) is 0 Å². The number of imidazole rings is 1. The predicted molar refractivity (Wildman–Crippen MR) is 69.7 cm³/mol. The zero-order valence-corrected chi connectivity index (χ0v) is 10.7. The fourth-order valence-corrected chi connectivity index (χ4v) is 1.74. The number of benzene rings is 1. The van der Waals surface area contributed by atoms with Crippen molar-refractivity contribution in [2.75, 3.05) is 5.32 Å². The topological polar surface area (TPSA) is 101 Å². The number of halogens is 2. The number of nitrogens with zero attached hydrogens (tertiary/aromatic N) is 2. The minimum atomic E-state index is -0.710. The maximum Gasteiger partial charge on any atom is 0.290 e. The predicted octanol–water partition coefficient (Wildman–Crippen LogP) is 2.88. The first-order chi connectivity index (χ1) is 8.99. The zero-order valence-electron chi connectivity index (χ0n) is 9.18. The molecule has 2 rings (SSSR count). The molecule has 0 spiro atoms. The summed E-state index contributed by atoms with van der Waals surface area (Å²) in [6.07, 6.45) is 2.97. The standard InChI is InChI=1S/C10H6Cl2N4O3/c11-6-3-5(4-7(8(6)12)16(18)19)9(17)15-10-13-1-2-14-10/h1-4H,(H2,13,14,15,17). The van der Waals surface area contributed by atoms with Gasteiger partial charge in [0.15, 0.2) is 0 Å². The Morgan fingerprint density at radius 3 is 2.74 bits per heavy atom. The number of nitrogens with one attached hydrogen (secondary N) is 2. The Bertz CT molecular complexity index is 642. The second-order valence-corrected chi connectivity index (χ2v) is 4.23. The van der Waals surface area contributed by atoms with Crippen molar-refractivity contribution in [1.29, 1.82) is 0 Å². The van der Waals surface area contributed by atoms with Gasteiger partial charge in [0.2, 0.25) is 5.95 Å². The molecule has 2 N–H and O–H groups in total. The van der Waals surface area contributed by atoms with E-state index in [9.17, 15) is 14.9 Å². The van der Waals surface area contributed by atoms with E-state index in [4.69, 9.17) is 23.2 Å². The summed E-state index contributed by atoms with van der Waals surface area (Å²) in [6, 6.07) is 2.29. The summed E-state index contributed by atoms with van der Waals surface area (Å²) >= 11 is 11.4. The van der Waals surface area contributed by atoms with Crippen LogP contribution in [0.5, 0.6) is 0 Å². The highest BCUT2D eigenvalue weighted by atomic mass is 35.5. The number of anilines is 1. The molecular weight excluding hydrogens is 295 g/mol. The van der Waals surface area contributed by atoms with Gasteiger partial charge in [-0.2, -0.15) is 0 Å². The first-order valence-corrected chi connectivity index (χ1v) is 5.69. The molecule has 0 aliphatic rings. The minimum Gasteiger partial charge on any atom is -0.331 e. The Kier molecular flexibility index (Phi) is 3.68. The van der Waals surface area contributed by atoms with Crippen LogP contribution in [0.2, 0.25) is 10.0 Å². The Hall–Kier alpha value is -2.12. The molecular formula is C10H6Cl2N4O3. The number of H-pyrrole nitrogens is 1. The van der Waals surface area contributed by atoms with Crippen LogP contribution in [0.4, 0.5) is 11.6 Å². The van der Waals surface area contributed by atoms with Crippen molar-refractivity contribution in [2.24, 2.45) is 0 Å². The van der Waals surface area contributed by atoms with Crippen LogP contribution in [0.3, 0.4) is 0 Å². The van der Waals surface area contributed by atoms with Crippen molar-refractivity contribution >= 4 is 40.7 Å². The van der Waals surface area contributed by atoms with E-state index in [-0.39, 0.29) is 21.6 Å². The molecule has 2 aromatic rings. The van der Waals surface area contributed by atoms with E-state index in [1.54, 1.807) is 0 Å². The van der Waals surface area contributed by atoms with Gasteiger partial charge in [0.25, 0.3) is 11.6 Å². The molecule has 1 heterocycles. The quantitative estimate of drug-likeness (QED) is 0.672. The van der Waals surface area contributed by atoms with Gasteiger partial charge in [0, 0.05) is 24.0 Å². The largest absolute Gasteiger partial charge is 0.331 e. The van der Waals surface area contributed by atoms with Gasteiger partial charge in [-0.05, 0) is 6.07 Å². The maximum atomic E-state index is 11.9. The highest BCUT2D eigenvalue weighted by molar-refractivity contribution is 6.43. The lowest BCUT2D eigenvalue weighted by Gasteiger charge is -2.04. The van der Waals surface area contributed by atoms with Gasteiger partial charge in [-0.1, -0.05) is 23.2 Å². The number of rotatable bonds is 3. The van der Waals surface area contributed by atoms with Gasteiger partial charge < -0.3 is 4.98 Å². The number of carbonyl (C=O) groups is 1. The molecule has 0 bridgehead atoms. The number of nitro benzene ring substituents is 1. The third-order valence-electron chi connectivity index (χ3n) is 2.20. The molecule has 1 amide bonds. The van der Waals surface area contributed by atoms with E-state index in [1.807, 2.05) is 0 Å². The molecule has 19 heavy (non-hydrogen) atoms. The summed E-state index contributed by atoms with van der Waals surface area (Å²) < 4.78 is 0. The molecule has 0 unspecified atom stereocenters. The van der Waals surface area contributed by atoms with Crippen LogP contribution in [0, 0.1) is 10.1 Å². The Balaban J connectivity index is 2.35. The monoisotopic (exact) mass is 300 g/mol. The minimum absolute atomic E-state index is 0.0116. The van der Waals surface area contributed by atoms with E-state index < -0.39 is 16.5 Å². The van der Waals surface area contributed by atoms with E-state index in [0.29, 0.717) is 0 Å². The summed E-state index contributed by atoms with van der Waals surface area (Å²) in [5.74, 6) is -0.365. The zero-order chi connectivity index (χ0) is 14.0. The van der Waals surface area contributed by atoms with Crippen molar-refractivity contribution in [3.05, 3.63) is 50.2 Å². The second kappa shape index (κ2) is 5.25. The van der Waals surface area contributed by atoms with Gasteiger partial charge in [-0.15, -0.1) is 0 Å². The van der Waals surface area contributed by atoms with E-state index in [1.165, 1.54) is 18.5 Å². The molecule has 0 aliphatic carbocycles. The van der Waals surface area contributed by atoms with E-state index >= 15 is 0 Å². The van der Waals surface area contributed by atoms with Crippen molar-refractivity contribution in [1.82, 2.24) is 9.97 Å².